The number of thioether (sulfide) groups is 1. The van der Waals surface area contributed by atoms with Crippen molar-refractivity contribution in [1.29, 1.82) is 0 Å². The first-order chi connectivity index (χ1) is 6.70. The van der Waals surface area contributed by atoms with Crippen LogP contribution in [0.3, 0.4) is 0 Å². The quantitative estimate of drug-likeness (QED) is 0.703. The molecule has 0 saturated heterocycles. The third kappa shape index (κ3) is 2.58. The van der Waals surface area contributed by atoms with Gasteiger partial charge in [-0.1, -0.05) is 25.6 Å². The largest absolute Gasteiger partial charge is 0.465 e. The standard InChI is InChI=1S/C10H19NO2S/c1-8(2)9-10(14-4)13-7-11(9)5-6-12-3/h8H,5-7H2,1-4H3. The highest BCUT2D eigenvalue weighted by Crippen LogP contribution is 2.32. The van der Waals surface area contributed by atoms with Gasteiger partial charge < -0.3 is 14.4 Å². The molecule has 0 fully saturated rings. The molecule has 0 spiro atoms. The Morgan fingerprint density at radius 2 is 2.29 bits per heavy atom. The van der Waals surface area contributed by atoms with Gasteiger partial charge in [0.15, 0.2) is 11.8 Å². The Morgan fingerprint density at radius 3 is 2.79 bits per heavy atom. The molecule has 0 bridgehead atoms. The van der Waals surface area contributed by atoms with Gasteiger partial charge in [-0.2, -0.15) is 0 Å². The van der Waals surface area contributed by atoms with E-state index >= 15 is 0 Å². The van der Waals surface area contributed by atoms with E-state index in [-0.39, 0.29) is 0 Å². The van der Waals surface area contributed by atoms with Crippen LogP contribution in [-0.4, -0.2) is 38.1 Å². The number of hydrogen-bond donors (Lipinski definition) is 0. The Bertz CT molecular complexity index is 216. The van der Waals surface area contributed by atoms with Gasteiger partial charge in [0.1, 0.15) is 0 Å². The zero-order chi connectivity index (χ0) is 10.6. The lowest BCUT2D eigenvalue weighted by molar-refractivity contribution is 0.115. The Kier molecular flexibility index (Phi) is 4.62. The number of rotatable bonds is 5. The molecule has 0 radical (unpaired) electrons. The van der Waals surface area contributed by atoms with Gasteiger partial charge in [-0.15, -0.1) is 0 Å². The summed E-state index contributed by atoms with van der Waals surface area (Å²) in [6, 6.07) is 0. The van der Waals surface area contributed by atoms with E-state index in [9.17, 15) is 0 Å². The zero-order valence-electron chi connectivity index (χ0n) is 9.37. The van der Waals surface area contributed by atoms with Gasteiger partial charge in [0.05, 0.1) is 12.3 Å². The van der Waals surface area contributed by atoms with E-state index in [1.807, 2.05) is 0 Å². The van der Waals surface area contributed by atoms with Crippen molar-refractivity contribution in [3.8, 4) is 0 Å². The van der Waals surface area contributed by atoms with Crippen molar-refractivity contribution in [3.63, 3.8) is 0 Å². The smallest absolute Gasteiger partial charge is 0.175 e. The van der Waals surface area contributed by atoms with Crippen LogP contribution >= 0.6 is 11.8 Å². The Labute approximate surface area is 90.4 Å². The number of allylic oxidation sites excluding steroid dienone is 1. The fourth-order valence-corrected chi connectivity index (χ4v) is 2.30. The van der Waals surface area contributed by atoms with Crippen LogP contribution in [0.25, 0.3) is 0 Å². The minimum atomic E-state index is 0.511. The first-order valence-electron chi connectivity index (χ1n) is 4.85. The maximum atomic E-state index is 5.60. The van der Waals surface area contributed by atoms with E-state index in [0.29, 0.717) is 12.6 Å². The third-order valence-electron chi connectivity index (χ3n) is 2.20. The molecule has 0 amide bonds. The fraction of sp³-hybridized carbons (Fsp3) is 0.800. The monoisotopic (exact) mass is 217 g/mol. The average molecular weight is 217 g/mol. The molecule has 0 atom stereocenters. The molecule has 3 nitrogen and oxygen atoms in total. The summed E-state index contributed by atoms with van der Waals surface area (Å²) in [6.45, 7) is 6.72. The highest BCUT2D eigenvalue weighted by Gasteiger charge is 2.25. The number of ether oxygens (including phenoxy) is 2. The summed E-state index contributed by atoms with van der Waals surface area (Å²) in [5.74, 6) is 0.511. The zero-order valence-corrected chi connectivity index (χ0v) is 10.2. The summed E-state index contributed by atoms with van der Waals surface area (Å²) in [5, 5.41) is 1.07. The van der Waals surface area contributed by atoms with E-state index in [1.54, 1.807) is 18.9 Å². The Hall–Kier alpha value is -0.350. The van der Waals surface area contributed by atoms with Gasteiger partial charge in [-0.05, 0) is 12.2 Å². The summed E-state index contributed by atoms with van der Waals surface area (Å²) >= 11 is 1.68. The second kappa shape index (κ2) is 5.51. The van der Waals surface area contributed by atoms with Crippen LogP contribution in [0.1, 0.15) is 13.8 Å². The summed E-state index contributed by atoms with van der Waals surface area (Å²) < 4.78 is 10.7. The van der Waals surface area contributed by atoms with Crippen molar-refractivity contribution in [1.82, 2.24) is 4.90 Å². The fourth-order valence-electron chi connectivity index (χ4n) is 1.56. The normalized spacial score (nSPS) is 16.8. The number of nitrogens with zero attached hydrogens (tertiary/aromatic N) is 1. The van der Waals surface area contributed by atoms with Crippen molar-refractivity contribution >= 4 is 11.8 Å². The molecule has 0 aliphatic carbocycles. The first kappa shape index (κ1) is 11.7. The molecule has 0 aromatic carbocycles. The average Bonchev–Trinajstić information content (AvgIpc) is 2.57. The van der Waals surface area contributed by atoms with Crippen LogP contribution < -0.4 is 0 Å². The molecule has 1 aliphatic heterocycles. The number of hydrogen-bond acceptors (Lipinski definition) is 4. The van der Waals surface area contributed by atoms with Gasteiger partial charge in [0, 0.05) is 13.7 Å². The van der Waals surface area contributed by atoms with E-state index in [1.165, 1.54) is 5.70 Å². The van der Waals surface area contributed by atoms with E-state index < -0.39 is 0 Å². The molecule has 1 aliphatic rings. The van der Waals surface area contributed by atoms with Gasteiger partial charge in [0.2, 0.25) is 0 Å². The molecule has 14 heavy (non-hydrogen) atoms. The maximum absolute atomic E-state index is 5.60. The van der Waals surface area contributed by atoms with Gasteiger partial charge in [0.25, 0.3) is 0 Å². The second-order valence-electron chi connectivity index (χ2n) is 3.56. The molecule has 0 aromatic rings. The van der Waals surface area contributed by atoms with Crippen LogP contribution in [0.2, 0.25) is 0 Å². The second-order valence-corrected chi connectivity index (χ2v) is 4.34. The lowest BCUT2D eigenvalue weighted by Crippen LogP contribution is -2.26. The molecule has 0 unspecified atom stereocenters. The third-order valence-corrected chi connectivity index (χ3v) is 2.90. The van der Waals surface area contributed by atoms with Crippen LogP contribution in [0, 0.1) is 5.92 Å². The lowest BCUT2D eigenvalue weighted by atomic mass is 10.1. The van der Waals surface area contributed by atoms with Crippen LogP contribution in [0.4, 0.5) is 0 Å². The summed E-state index contributed by atoms with van der Waals surface area (Å²) in [6.07, 6.45) is 2.05. The van der Waals surface area contributed by atoms with Gasteiger partial charge >= 0.3 is 0 Å². The van der Waals surface area contributed by atoms with Crippen LogP contribution in [0.5, 0.6) is 0 Å². The first-order valence-corrected chi connectivity index (χ1v) is 6.08. The molecular weight excluding hydrogens is 198 g/mol. The number of methoxy groups -OCH3 is 1. The molecule has 0 saturated carbocycles. The maximum Gasteiger partial charge on any atom is 0.175 e. The molecule has 1 heterocycles. The molecule has 82 valence electrons. The van der Waals surface area contributed by atoms with Crippen molar-refractivity contribution in [3.05, 3.63) is 10.8 Å². The predicted molar refractivity (Wildman–Crippen MR) is 59.9 cm³/mol. The molecule has 1 rings (SSSR count). The SMILES string of the molecule is COCCN1COC(SC)=C1C(C)C. The van der Waals surface area contributed by atoms with Gasteiger partial charge in [-0.25, -0.2) is 0 Å². The highest BCUT2D eigenvalue weighted by atomic mass is 32.2. The molecule has 0 N–H and O–H groups in total. The summed E-state index contributed by atoms with van der Waals surface area (Å²) in [4.78, 5) is 2.25. The van der Waals surface area contributed by atoms with Crippen molar-refractivity contribution in [2.24, 2.45) is 5.92 Å². The molecule has 0 aromatic heterocycles. The van der Waals surface area contributed by atoms with E-state index in [2.05, 4.69) is 25.0 Å². The van der Waals surface area contributed by atoms with E-state index in [4.69, 9.17) is 9.47 Å². The summed E-state index contributed by atoms with van der Waals surface area (Å²) in [5.41, 5.74) is 1.31. The Morgan fingerprint density at radius 1 is 1.57 bits per heavy atom. The highest BCUT2D eigenvalue weighted by molar-refractivity contribution is 8.02. The van der Waals surface area contributed by atoms with Crippen LogP contribution in [0.15, 0.2) is 10.8 Å². The van der Waals surface area contributed by atoms with E-state index in [0.717, 1.165) is 18.2 Å². The van der Waals surface area contributed by atoms with Crippen molar-refractivity contribution in [2.75, 3.05) is 33.2 Å². The predicted octanol–water partition coefficient (Wildman–Crippen LogP) is 2.11. The van der Waals surface area contributed by atoms with Gasteiger partial charge in [-0.3, -0.25) is 0 Å². The Balaban J connectivity index is 2.65. The van der Waals surface area contributed by atoms with Crippen molar-refractivity contribution in [2.45, 2.75) is 13.8 Å². The van der Waals surface area contributed by atoms with Crippen LogP contribution in [-0.2, 0) is 9.47 Å². The summed E-state index contributed by atoms with van der Waals surface area (Å²) in [7, 11) is 1.73. The molecular formula is C10H19NO2S. The van der Waals surface area contributed by atoms with Crippen molar-refractivity contribution < 1.29 is 9.47 Å². The molecule has 4 heteroatoms. The minimum Gasteiger partial charge on any atom is -0.465 e. The lowest BCUT2D eigenvalue weighted by Gasteiger charge is -2.21. The topological polar surface area (TPSA) is 21.7 Å². The minimum absolute atomic E-state index is 0.511.